The summed E-state index contributed by atoms with van der Waals surface area (Å²) in [4.78, 5) is 24.0. The summed E-state index contributed by atoms with van der Waals surface area (Å²) in [6, 6.07) is 16.2. The highest BCUT2D eigenvalue weighted by Gasteiger charge is 2.22. The van der Waals surface area contributed by atoms with Crippen LogP contribution in [0.3, 0.4) is 0 Å². The molecule has 2 N–H and O–H groups in total. The van der Waals surface area contributed by atoms with Gasteiger partial charge < -0.3 is 10.1 Å². The number of ether oxygens (including phenoxy) is 1. The Labute approximate surface area is 189 Å². The first-order valence-corrected chi connectivity index (χ1v) is 10.9. The first-order valence-electron chi connectivity index (χ1n) is 9.62. The van der Waals surface area contributed by atoms with Gasteiger partial charge in [0.25, 0.3) is 0 Å². The van der Waals surface area contributed by atoms with Crippen molar-refractivity contribution >= 4 is 35.3 Å². The number of urea groups is 1. The van der Waals surface area contributed by atoms with Crippen LogP contribution in [0.4, 0.5) is 4.79 Å². The van der Waals surface area contributed by atoms with Gasteiger partial charge in [-0.05, 0) is 38.1 Å². The van der Waals surface area contributed by atoms with E-state index in [-0.39, 0.29) is 6.61 Å². The second-order valence-electron chi connectivity index (χ2n) is 6.40. The molecule has 3 aromatic rings. The number of hydrogen-bond donors (Lipinski definition) is 2. The van der Waals surface area contributed by atoms with Crippen molar-refractivity contribution in [1.82, 2.24) is 25.4 Å². The van der Waals surface area contributed by atoms with Crippen LogP contribution in [0.1, 0.15) is 19.7 Å². The highest BCUT2D eigenvalue weighted by atomic mass is 35.5. The molecule has 10 heteroatoms. The van der Waals surface area contributed by atoms with Gasteiger partial charge in [0.2, 0.25) is 5.91 Å². The SMILES string of the molecule is CCNC(=O)NC(=O)C(C)Sc1nnc(COc2ccccc2Cl)n1-c1ccccc1. The van der Waals surface area contributed by atoms with Gasteiger partial charge in [0.05, 0.1) is 10.3 Å². The fourth-order valence-corrected chi connectivity index (χ4v) is 3.72. The van der Waals surface area contributed by atoms with Crippen LogP contribution in [0.25, 0.3) is 5.69 Å². The van der Waals surface area contributed by atoms with E-state index in [1.54, 1.807) is 26.0 Å². The van der Waals surface area contributed by atoms with Gasteiger partial charge in [-0.2, -0.15) is 0 Å². The van der Waals surface area contributed by atoms with E-state index < -0.39 is 17.2 Å². The summed E-state index contributed by atoms with van der Waals surface area (Å²) < 4.78 is 7.65. The van der Waals surface area contributed by atoms with E-state index in [1.807, 2.05) is 47.0 Å². The molecular weight excluding hydrogens is 438 g/mol. The molecule has 0 radical (unpaired) electrons. The number of carbonyl (C=O) groups excluding carboxylic acids is 2. The van der Waals surface area contributed by atoms with Crippen LogP contribution in [-0.4, -0.2) is 38.5 Å². The minimum Gasteiger partial charge on any atom is -0.484 e. The molecule has 162 valence electrons. The lowest BCUT2D eigenvalue weighted by molar-refractivity contribution is -0.119. The Morgan fingerprint density at radius 1 is 1.13 bits per heavy atom. The molecule has 8 nitrogen and oxygen atoms in total. The van der Waals surface area contributed by atoms with Crippen molar-refractivity contribution in [2.45, 2.75) is 30.9 Å². The molecule has 0 saturated heterocycles. The molecule has 0 aliphatic carbocycles. The normalized spacial score (nSPS) is 11.6. The number of benzene rings is 2. The van der Waals surface area contributed by atoms with Crippen molar-refractivity contribution in [3.05, 3.63) is 65.4 Å². The zero-order valence-corrected chi connectivity index (χ0v) is 18.6. The predicted octanol–water partition coefficient (Wildman–Crippen LogP) is 3.83. The maximum absolute atomic E-state index is 12.3. The zero-order valence-electron chi connectivity index (χ0n) is 17.0. The van der Waals surface area contributed by atoms with E-state index in [4.69, 9.17) is 16.3 Å². The molecule has 1 aromatic heterocycles. The number of carbonyl (C=O) groups is 2. The van der Waals surface area contributed by atoms with Crippen molar-refractivity contribution in [2.75, 3.05) is 6.54 Å². The van der Waals surface area contributed by atoms with Gasteiger partial charge in [-0.3, -0.25) is 14.7 Å². The number of rotatable bonds is 8. The van der Waals surface area contributed by atoms with Crippen LogP contribution in [0.5, 0.6) is 5.75 Å². The van der Waals surface area contributed by atoms with Crippen molar-refractivity contribution in [3.8, 4) is 11.4 Å². The molecule has 0 aliphatic heterocycles. The van der Waals surface area contributed by atoms with Crippen LogP contribution < -0.4 is 15.4 Å². The third kappa shape index (κ3) is 5.99. The summed E-state index contributed by atoms with van der Waals surface area (Å²) >= 11 is 7.37. The Morgan fingerprint density at radius 3 is 2.55 bits per heavy atom. The largest absolute Gasteiger partial charge is 0.484 e. The van der Waals surface area contributed by atoms with Gasteiger partial charge in [-0.1, -0.05) is 53.7 Å². The topological polar surface area (TPSA) is 98.1 Å². The molecule has 2 aromatic carbocycles. The molecule has 31 heavy (non-hydrogen) atoms. The van der Waals surface area contributed by atoms with Gasteiger partial charge in [-0.15, -0.1) is 10.2 Å². The third-order valence-corrected chi connectivity index (χ3v) is 5.49. The molecule has 0 bridgehead atoms. The molecule has 0 aliphatic rings. The Morgan fingerprint density at radius 2 is 1.84 bits per heavy atom. The van der Waals surface area contributed by atoms with E-state index in [0.717, 1.165) is 5.69 Å². The Bertz CT molecular complexity index is 1040. The predicted molar refractivity (Wildman–Crippen MR) is 120 cm³/mol. The van der Waals surface area contributed by atoms with E-state index in [9.17, 15) is 9.59 Å². The van der Waals surface area contributed by atoms with Crippen molar-refractivity contribution in [3.63, 3.8) is 0 Å². The Hall–Kier alpha value is -3.04. The lowest BCUT2D eigenvalue weighted by atomic mass is 10.3. The van der Waals surface area contributed by atoms with E-state index in [0.29, 0.717) is 28.3 Å². The number of amides is 3. The second-order valence-corrected chi connectivity index (χ2v) is 8.11. The molecule has 1 atom stereocenters. The van der Waals surface area contributed by atoms with Crippen LogP contribution in [0.2, 0.25) is 5.02 Å². The summed E-state index contributed by atoms with van der Waals surface area (Å²) in [6.45, 7) is 4.03. The van der Waals surface area contributed by atoms with E-state index in [2.05, 4.69) is 20.8 Å². The second kappa shape index (κ2) is 10.8. The third-order valence-electron chi connectivity index (χ3n) is 4.13. The number of hydrogen-bond acceptors (Lipinski definition) is 6. The van der Waals surface area contributed by atoms with E-state index >= 15 is 0 Å². The molecular formula is C21H22ClN5O3S. The molecule has 3 amide bonds. The molecule has 1 heterocycles. The summed E-state index contributed by atoms with van der Waals surface area (Å²) in [5, 5.41) is 13.8. The summed E-state index contributed by atoms with van der Waals surface area (Å²) in [5.41, 5.74) is 0.823. The lowest BCUT2D eigenvalue weighted by Crippen LogP contribution is -2.42. The molecule has 0 spiro atoms. The first kappa shape index (κ1) is 22.6. The monoisotopic (exact) mass is 459 g/mol. The maximum Gasteiger partial charge on any atom is 0.321 e. The maximum atomic E-state index is 12.3. The number of imide groups is 1. The fourth-order valence-electron chi connectivity index (χ4n) is 2.64. The summed E-state index contributed by atoms with van der Waals surface area (Å²) in [7, 11) is 0. The minimum atomic E-state index is -0.577. The number of thioether (sulfide) groups is 1. The van der Waals surface area contributed by atoms with Crippen LogP contribution >= 0.6 is 23.4 Å². The van der Waals surface area contributed by atoms with Gasteiger partial charge in [0.1, 0.15) is 12.4 Å². The smallest absolute Gasteiger partial charge is 0.321 e. The number of para-hydroxylation sites is 2. The average molecular weight is 460 g/mol. The fraction of sp³-hybridized carbons (Fsp3) is 0.238. The molecule has 3 rings (SSSR count). The van der Waals surface area contributed by atoms with Crippen molar-refractivity contribution in [2.24, 2.45) is 0 Å². The van der Waals surface area contributed by atoms with Crippen LogP contribution in [0.15, 0.2) is 59.8 Å². The molecule has 0 saturated carbocycles. The minimum absolute atomic E-state index is 0.131. The summed E-state index contributed by atoms with van der Waals surface area (Å²) in [6.07, 6.45) is 0. The number of aromatic nitrogens is 3. The van der Waals surface area contributed by atoms with Gasteiger partial charge in [0, 0.05) is 12.2 Å². The molecule has 1 unspecified atom stereocenters. The van der Waals surface area contributed by atoms with Crippen molar-refractivity contribution in [1.29, 1.82) is 0 Å². The number of nitrogens with zero attached hydrogens (tertiary/aromatic N) is 3. The number of halogens is 1. The zero-order chi connectivity index (χ0) is 22.2. The van der Waals surface area contributed by atoms with Crippen LogP contribution in [-0.2, 0) is 11.4 Å². The van der Waals surface area contributed by atoms with Gasteiger partial charge >= 0.3 is 6.03 Å². The average Bonchev–Trinajstić information content (AvgIpc) is 3.16. The van der Waals surface area contributed by atoms with E-state index in [1.165, 1.54) is 11.8 Å². The van der Waals surface area contributed by atoms with Crippen molar-refractivity contribution < 1.29 is 14.3 Å². The highest BCUT2D eigenvalue weighted by Crippen LogP contribution is 2.28. The highest BCUT2D eigenvalue weighted by molar-refractivity contribution is 8.00. The lowest BCUT2D eigenvalue weighted by Gasteiger charge is -2.14. The quantitative estimate of drug-likeness (QED) is 0.497. The van der Waals surface area contributed by atoms with Crippen LogP contribution in [0, 0.1) is 0 Å². The van der Waals surface area contributed by atoms with Gasteiger partial charge in [-0.25, -0.2) is 4.79 Å². The Balaban J connectivity index is 1.81. The molecule has 0 fully saturated rings. The first-order chi connectivity index (χ1) is 15.0. The Kier molecular flexibility index (Phi) is 7.91. The standard InChI is InChI=1S/C21H22ClN5O3S/c1-3-23-20(29)24-19(28)14(2)31-21-26-25-18(27(21)15-9-5-4-6-10-15)13-30-17-12-8-7-11-16(17)22/h4-12,14H,3,13H2,1-2H3,(H2,23,24,28,29). The number of nitrogens with one attached hydrogen (secondary N) is 2. The van der Waals surface area contributed by atoms with Gasteiger partial charge in [0.15, 0.2) is 11.0 Å². The summed E-state index contributed by atoms with van der Waals surface area (Å²) in [5.74, 6) is 0.660.